The number of hydrogen-bond acceptors (Lipinski definition) is 3. The van der Waals surface area contributed by atoms with Crippen LogP contribution in [0.4, 0.5) is 0 Å². The number of nitrogens with two attached hydrogens (primary N) is 1. The largest absolute Gasteiger partial charge is 2.00 e. The first-order valence-corrected chi connectivity index (χ1v) is 4.83. The van der Waals surface area contributed by atoms with E-state index in [1.807, 2.05) is 12.1 Å². The molecule has 0 bridgehead atoms. The molecule has 16 heavy (non-hydrogen) atoms. The summed E-state index contributed by atoms with van der Waals surface area (Å²) in [6.45, 7) is 0. The Morgan fingerprint density at radius 2 is 1.94 bits per heavy atom. The van der Waals surface area contributed by atoms with Crippen molar-refractivity contribution in [2.24, 2.45) is 15.9 Å². The third-order valence-electron chi connectivity index (χ3n) is 2.23. The van der Waals surface area contributed by atoms with E-state index in [9.17, 15) is 0 Å². The molecule has 0 atom stereocenters. The molecule has 0 aliphatic heterocycles. The number of benzene rings is 1. The summed E-state index contributed by atoms with van der Waals surface area (Å²) in [5.74, 6) is 0. The average molecular weight is 346 g/mol. The third-order valence-corrected chi connectivity index (χ3v) is 2.31. The van der Waals surface area contributed by atoms with E-state index >= 15 is 0 Å². The molecule has 1 aromatic rings. The van der Waals surface area contributed by atoms with Crippen LogP contribution in [-0.2, 0) is 39.5 Å². The minimum Gasteiger partial charge on any atom is -1.00 e. The van der Waals surface area contributed by atoms with Crippen molar-refractivity contribution in [1.82, 2.24) is 0 Å². The molecule has 6 heteroatoms. The van der Waals surface area contributed by atoms with E-state index in [1.165, 1.54) is 11.1 Å². The van der Waals surface area contributed by atoms with Gasteiger partial charge in [-0.1, -0.05) is 24.3 Å². The predicted octanol–water partition coefficient (Wildman–Crippen LogP) is -1.80. The molecule has 0 amide bonds. The Morgan fingerprint density at radius 3 is 2.62 bits per heavy atom. The van der Waals surface area contributed by atoms with E-state index in [1.54, 1.807) is 0 Å². The van der Waals surface area contributed by atoms with Crippen molar-refractivity contribution >= 4 is 23.5 Å². The van der Waals surface area contributed by atoms with Crippen molar-refractivity contribution in [3.63, 3.8) is 0 Å². The Bertz CT molecular complexity index is 416. The summed E-state index contributed by atoms with van der Waals surface area (Å²) in [6.07, 6.45) is 1.95. The molecule has 2 N–H and O–H groups in total. The number of rotatable bonds is 1. The summed E-state index contributed by atoms with van der Waals surface area (Å²) in [4.78, 5) is 0. The number of hydrogen-bond donors (Lipinski definition) is 1. The molecule has 0 aromatic heterocycles. The Morgan fingerprint density at radius 1 is 1.25 bits per heavy atom. The summed E-state index contributed by atoms with van der Waals surface area (Å²) >= 11 is 4.63. The molecule has 0 saturated carbocycles. The second-order valence-electron chi connectivity index (χ2n) is 3.14. The summed E-state index contributed by atoms with van der Waals surface area (Å²) in [5, 5.41) is 7.83. The first-order valence-electron chi connectivity index (χ1n) is 4.42. The van der Waals surface area contributed by atoms with Gasteiger partial charge in [0.25, 0.3) is 0 Å². The smallest absolute Gasteiger partial charge is 1.00 e. The summed E-state index contributed by atoms with van der Waals surface area (Å²) in [6, 6.07) is 8.20. The molecule has 3 nitrogen and oxygen atoms in total. The van der Waals surface area contributed by atoms with E-state index in [-0.39, 0.29) is 38.0 Å². The van der Waals surface area contributed by atoms with Crippen LogP contribution in [0.3, 0.4) is 0 Å². The molecule has 88 valence electrons. The van der Waals surface area contributed by atoms with Crippen LogP contribution in [0.2, 0.25) is 0 Å². The van der Waals surface area contributed by atoms with Gasteiger partial charge in [0.05, 0.1) is 5.71 Å². The Kier molecular flexibility index (Phi) is 6.77. The molecule has 1 aromatic carbocycles. The summed E-state index contributed by atoms with van der Waals surface area (Å²) in [7, 11) is 0. The van der Waals surface area contributed by atoms with Crippen LogP contribution in [-0.4, -0.2) is 10.9 Å². The van der Waals surface area contributed by atoms with Crippen LogP contribution < -0.4 is 18.1 Å². The molecule has 2 rings (SSSR count). The SMILES string of the molecule is N/C([S-])=N\N=C1\CCc2ccccc21.[Cl-].[Pd+2]. The van der Waals surface area contributed by atoms with E-state index in [0.717, 1.165) is 18.6 Å². The van der Waals surface area contributed by atoms with Gasteiger partial charge >= 0.3 is 20.4 Å². The number of nitrogens with zero attached hydrogens (tertiary/aromatic N) is 2. The van der Waals surface area contributed by atoms with Gasteiger partial charge in [-0.3, -0.25) is 0 Å². The normalized spacial score (nSPS) is 16.2. The van der Waals surface area contributed by atoms with Gasteiger partial charge in [-0.05, 0) is 23.6 Å². The standard InChI is InChI=1S/C10H11N3S.ClH.Pd/c11-10(14)13-12-9-6-5-7-3-1-2-4-8(7)9;;/h1-4H,5-6H2,(H3,11,13,14);1H;/q;;+2/p-2/b12-9-;;. The van der Waals surface area contributed by atoms with Crippen LogP contribution in [0, 0.1) is 0 Å². The molecule has 0 heterocycles. The quantitative estimate of drug-likeness (QED) is 0.215. The molecular formula is C10H10ClN3PdS. The molecule has 0 fully saturated rings. The van der Waals surface area contributed by atoms with Gasteiger partial charge in [0.2, 0.25) is 0 Å². The van der Waals surface area contributed by atoms with Gasteiger partial charge in [0.15, 0.2) is 0 Å². The number of halogens is 1. The van der Waals surface area contributed by atoms with Gasteiger partial charge in [0.1, 0.15) is 0 Å². The number of aryl methyl sites for hydroxylation is 1. The van der Waals surface area contributed by atoms with Crippen LogP contribution in [0.5, 0.6) is 0 Å². The first kappa shape index (κ1) is 15.5. The van der Waals surface area contributed by atoms with Crippen molar-refractivity contribution < 1.29 is 32.8 Å². The average Bonchev–Trinajstić information content (AvgIpc) is 2.58. The number of fused-ring (bicyclic) bond motifs is 1. The summed E-state index contributed by atoms with van der Waals surface area (Å²) < 4.78 is 0. The molecule has 0 radical (unpaired) electrons. The van der Waals surface area contributed by atoms with Gasteiger partial charge < -0.3 is 30.8 Å². The van der Waals surface area contributed by atoms with E-state index in [4.69, 9.17) is 5.73 Å². The molecule has 0 saturated heterocycles. The minimum atomic E-state index is 0. The maximum Gasteiger partial charge on any atom is 2.00 e. The van der Waals surface area contributed by atoms with Gasteiger partial charge in [-0.2, -0.15) is 10.2 Å². The third kappa shape index (κ3) is 3.53. The Hall–Kier alpha value is -0.468. The molecule has 1 aliphatic rings. The van der Waals surface area contributed by atoms with Crippen molar-refractivity contribution in [2.45, 2.75) is 12.8 Å². The Labute approximate surface area is 120 Å². The predicted molar refractivity (Wildman–Crippen MR) is 60.3 cm³/mol. The fraction of sp³-hybridized carbons (Fsp3) is 0.200. The van der Waals surface area contributed by atoms with Gasteiger partial charge in [-0.15, -0.1) is 0 Å². The maximum absolute atomic E-state index is 5.25. The molecule has 0 spiro atoms. The second kappa shape index (κ2) is 6.98. The van der Waals surface area contributed by atoms with Crippen LogP contribution >= 0.6 is 0 Å². The van der Waals surface area contributed by atoms with Crippen molar-refractivity contribution in [3.8, 4) is 0 Å². The minimum absolute atomic E-state index is 0. The fourth-order valence-electron chi connectivity index (χ4n) is 1.62. The van der Waals surface area contributed by atoms with E-state index in [0.29, 0.717) is 0 Å². The zero-order chi connectivity index (χ0) is 9.97. The first-order chi connectivity index (χ1) is 6.77. The Balaban J connectivity index is 0.00000112. The van der Waals surface area contributed by atoms with Crippen molar-refractivity contribution in [1.29, 1.82) is 0 Å². The van der Waals surface area contributed by atoms with Crippen LogP contribution in [0.25, 0.3) is 0 Å². The van der Waals surface area contributed by atoms with Gasteiger partial charge in [-0.25, -0.2) is 0 Å². The summed E-state index contributed by atoms with van der Waals surface area (Å²) in [5.41, 5.74) is 8.73. The molecule has 0 unspecified atom stereocenters. The monoisotopic (exact) mass is 345 g/mol. The zero-order valence-corrected chi connectivity index (χ0v) is 11.4. The van der Waals surface area contributed by atoms with Gasteiger partial charge in [0, 0.05) is 5.56 Å². The fourth-order valence-corrected chi connectivity index (χ4v) is 1.66. The number of amidine groups is 1. The van der Waals surface area contributed by atoms with E-state index in [2.05, 4.69) is 35.0 Å². The van der Waals surface area contributed by atoms with E-state index < -0.39 is 0 Å². The second-order valence-corrected chi connectivity index (χ2v) is 3.56. The molecule has 1 aliphatic carbocycles. The van der Waals surface area contributed by atoms with Crippen LogP contribution in [0.1, 0.15) is 17.5 Å². The van der Waals surface area contributed by atoms with Crippen molar-refractivity contribution in [2.75, 3.05) is 0 Å². The van der Waals surface area contributed by atoms with Crippen LogP contribution in [0.15, 0.2) is 34.5 Å². The topological polar surface area (TPSA) is 50.7 Å². The molecular weight excluding hydrogens is 336 g/mol. The maximum atomic E-state index is 5.25. The zero-order valence-electron chi connectivity index (χ0n) is 8.30. The van der Waals surface area contributed by atoms with Crippen molar-refractivity contribution in [3.05, 3.63) is 35.4 Å².